The molecule has 260 valence electrons. The molecule has 0 spiro atoms. The second-order valence-corrected chi connectivity index (χ2v) is 53.5. The van der Waals surface area contributed by atoms with Gasteiger partial charge in [0.25, 0.3) is 0 Å². The van der Waals surface area contributed by atoms with Crippen LogP contribution in [0.4, 0.5) is 0 Å². The van der Waals surface area contributed by atoms with Crippen molar-refractivity contribution in [1.29, 1.82) is 0 Å². The first-order valence-electron chi connectivity index (χ1n) is 19.0. The Labute approximate surface area is 311 Å². The maximum absolute atomic E-state index is 3.22. The zero-order valence-corrected chi connectivity index (χ0v) is 40.0. The van der Waals surface area contributed by atoms with E-state index in [4.69, 9.17) is 0 Å². The van der Waals surface area contributed by atoms with Crippen LogP contribution in [0, 0.1) is 0 Å². The van der Waals surface area contributed by atoms with Gasteiger partial charge in [0, 0.05) is 0 Å². The fraction of sp³-hybridized carbons (Fsp3) is 0.391. The maximum atomic E-state index is 2.82. The summed E-state index contributed by atoms with van der Waals surface area (Å²) in [5.74, 6) is 0. The van der Waals surface area contributed by atoms with Crippen molar-refractivity contribution in [2.45, 2.75) is 108 Å². The molecule has 4 heteroatoms. The zero-order valence-electron chi connectivity index (χ0n) is 33.4. The van der Waals surface area contributed by atoms with Crippen LogP contribution in [0.15, 0.2) is 95.3 Å². The molecular weight excluding hydrogens is 815 g/mol. The van der Waals surface area contributed by atoms with Crippen molar-refractivity contribution >= 4 is 46.7 Å². The predicted molar refractivity (Wildman–Crippen MR) is 228 cm³/mol. The Morgan fingerprint density at radius 1 is 0.500 bits per heavy atom. The van der Waals surface area contributed by atoms with Gasteiger partial charge in [-0.25, -0.2) is 0 Å². The van der Waals surface area contributed by atoms with Crippen LogP contribution in [0.1, 0.15) is 71.1 Å². The molecule has 7 rings (SSSR count). The van der Waals surface area contributed by atoms with Crippen LogP contribution in [0.2, 0.25) is 58.7 Å². The fourth-order valence-electron chi connectivity index (χ4n) is 11.1. The quantitative estimate of drug-likeness (QED) is 0.179. The molecule has 1 heterocycles. The van der Waals surface area contributed by atoms with Crippen LogP contribution >= 0.6 is 0 Å². The Kier molecular flexibility index (Phi) is 8.47. The number of rotatable bonds is 4. The summed E-state index contributed by atoms with van der Waals surface area (Å²) >= 11 is -3.22. The van der Waals surface area contributed by atoms with Gasteiger partial charge in [-0.15, -0.1) is 0 Å². The van der Waals surface area contributed by atoms with Crippen molar-refractivity contribution < 1.29 is 20.0 Å². The van der Waals surface area contributed by atoms with E-state index in [1.807, 2.05) is 10.4 Å². The van der Waals surface area contributed by atoms with Gasteiger partial charge in [-0.3, -0.25) is 0 Å². The van der Waals surface area contributed by atoms with E-state index in [1.54, 1.807) is 11.1 Å². The Bertz CT molecular complexity index is 1900. The van der Waals surface area contributed by atoms with Gasteiger partial charge in [-0.1, -0.05) is 0 Å². The molecule has 4 aromatic rings. The monoisotopic (exact) mass is 876 g/mol. The Balaban J connectivity index is 1.48. The van der Waals surface area contributed by atoms with Gasteiger partial charge >= 0.3 is 314 Å². The van der Waals surface area contributed by atoms with E-state index in [0.29, 0.717) is 7.35 Å². The first kappa shape index (κ1) is 36.2. The Morgan fingerprint density at radius 3 is 1.14 bits per heavy atom. The Morgan fingerprint density at radius 2 is 0.840 bits per heavy atom. The third kappa shape index (κ3) is 5.31. The standard InChI is InChI=1S/C44H54Si3.2CH3.Hf/c1-43(2,3)47(44(4,5)6,37-27-33-15-13-17-39(41(33)29-37)31-19-23-35(24-20-31)45(7,8)9)38-28-34-16-14-18-40(42(34)30-38)32-21-25-36(26-22-32)46(10,11)12;;;/h13-30H,1-12H3;2*1H3;. The third-order valence-electron chi connectivity index (χ3n) is 12.9. The third-order valence-corrected chi connectivity index (χ3v) is 41.3. The van der Waals surface area contributed by atoms with Gasteiger partial charge in [0.15, 0.2) is 0 Å². The molecule has 0 amide bonds. The molecule has 50 heavy (non-hydrogen) atoms. The van der Waals surface area contributed by atoms with Crippen molar-refractivity contribution in [3.8, 4) is 22.3 Å². The minimum absolute atomic E-state index is 0.159. The van der Waals surface area contributed by atoms with Gasteiger partial charge in [-0.05, 0) is 0 Å². The molecule has 0 N–H and O–H groups in total. The summed E-state index contributed by atoms with van der Waals surface area (Å²) in [5.41, 5.74) is 12.0. The number of fused-ring (bicyclic) bond motifs is 6. The molecule has 0 aromatic heterocycles. The summed E-state index contributed by atoms with van der Waals surface area (Å²) in [6.07, 6.45) is 5.59. The van der Waals surface area contributed by atoms with Crippen molar-refractivity contribution in [3.63, 3.8) is 0 Å². The average Bonchev–Trinajstić information content (AvgIpc) is 3.60. The topological polar surface area (TPSA) is 0 Å². The van der Waals surface area contributed by atoms with Gasteiger partial charge in [0.1, 0.15) is 0 Å². The predicted octanol–water partition coefficient (Wildman–Crippen LogP) is 13.1. The fourth-order valence-corrected chi connectivity index (χ4v) is 47.2. The molecule has 2 atom stereocenters. The van der Waals surface area contributed by atoms with Crippen LogP contribution in [0.5, 0.6) is 0 Å². The summed E-state index contributed by atoms with van der Waals surface area (Å²) in [5, 5.41) is 7.12. The first-order chi connectivity index (χ1) is 23.1. The summed E-state index contributed by atoms with van der Waals surface area (Å²) in [7, 11) is -5.08. The van der Waals surface area contributed by atoms with E-state index in [2.05, 4.69) is 187 Å². The van der Waals surface area contributed by atoms with Gasteiger partial charge in [0.05, 0.1) is 0 Å². The minimum atomic E-state index is -3.22. The molecule has 1 fully saturated rings. The van der Waals surface area contributed by atoms with Crippen molar-refractivity contribution in [1.82, 2.24) is 0 Å². The molecule has 3 aliphatic rings. The molecule has 0 saturated carbocycles. The van der Waals surface area contributed by atoms with Gasteiger partial charge < -0.3 is 0 Å². The second-order valence-electron chi connectivity index (χ2n) is 20.4. The molecule has 2 aliphatic carbocycles. The number of hydrogen-bond acceptors (Lipinski definition) is 0. The van der Waals surface area contributed by atoms with E-state index in [0.717, 1.165) is 0 Å². The number of hydrogen-bond donors (Lipinski definition) is 0. The molecular formula is C46H60HfSi3. The Hall–Kier alpha value is -2.12. The molecule has 1 saturated heterocycles. The van der Waals surface area contributed by atoms with Crippen molar-refractivity contribution in [3.05, 3.63) is 118 Å². The molecule has 0 nitrogen and oxygen atoms in total. The summed E-state index contributed by atoms with van der Waals surface area (Å²) in [4.78, 5) is 0. The van der Waals surface area contributed by atoms with E-state index < -0.39 is 44.2 Å². The number of allylic oxidation sites excluding steroid dienone is 2. The first-order valence-corrected chi connectivity index (χ1v) is 39.4. The van der Waals surface area contributed by atoms with Gasteiger partial charge in [-0.2, -0.15) is 0 Å². The summed E-state index contributed by atoms with van der Waals surface area (Å²) in [6, 6.07) is 34.0. The number of benzene rings is 4. The SMILES string of the molecule is CC(C)(C)[Si]1(C(C)(C)C)C2=Cc3c(-c4ccc([Si](C)(C)C)cc4)cccc3[CH]2[Hf]([CH3])([CH3])[CH]2C1=Cc1c(-c3ccc([Si](C)(C)C)cc3)cccc12. The van der Waals surface area contributed by atoms with E-state index in [1.165, 1.54) is 43.8 Å². The van der Waals surface area contributed by atoms with E-state index >= 15 is 0 Å². The molecule has 2 unspecified atom stereocenters. The normalized spacial score (nSPS) is 20.8. The van der Waals surface area contributed by atoms with Crippen LogP contribution in [0.25, 0.3) is 34.4 Å². The molecule has 4 aromatic carbocycles. The summed E-state index contributed by atoms with van der Waals surface area (Å²) < 4.78 is 6.86. The van der Waals surface area contributed by atoms with Crippen LogP contribution in [0.3, 0.4) is 0 Å². The van der Waals surface area contributed by atoms with E-state index in [-0.39, 0.29) is 10.1 Å². The average molecular weight is 876 g/mol. The zero-order chi connectivity index (χ0) is 36.4. The van der Waals surface area contributed by atoms with Crippen LogP contribution in [-0.4, -0.2) is 24.2 Å². The second kappa shape index (κ2) is 11.7. The van der Waals surface area contributed by atoms with Crippen LogP contribution in [-0.2, 0) is 20.0 Å². The van der Waals surface area contributed by atoms with Gasteiger partial charge in [0.2, 0.25) is 0 Å². The van der Waals surface area contributed by atoms with Crippen molar-refractivity contribution in [2.24, 2.45) is 0 Å². The molecule has 0 bridgehead atoms. The summed E-state index contributed by atoms with van der Waals surface area (Å²) in [6.45, 7) is 30.3. The molecule has 1 aliphatic heterocycles. The van der Waals surface area contributed by atoms with Crippen LogP contribution < -0.4 is 10.4 Å². The van der Waals surface area contributed by atoms with E-state index in [9.17, 15) is 0 Å². The molecule has 0 radical (unpaired) electrons. The van der Waals surface area contributed by atoms with Crippen molar-refractivity contribution in [2.75, 3.05) is 0 Å².